The first kappa shape index (κ1) is 26.7. The maximum Gasteiger partial charge on any atom is 0.338 e. The smallest absolute Gasteiger partial charge is 0.338 e. The highest BCUT2D eigenvalue weighted by atomic mass is 32.2. The number of benzene rings is 3. The van der Waals surface area contributed by atoms with E-state index < -0.39 is 12.0 Å². The predicted molar refractivity (Wildman–Crippen MR) is 157 cm³/mol. The van der Waals surface area contributed by atoms with Crippen LogP contribution in [0.1, 0.15) is 24.1 Å². The number of fused-ring (bicyclic) bond motifs is 1. The topological polar surface area (TPSA) is 117 Å². The molecule has 0 radical (unpaired) electrons. The van der Waals surface area contributed by atoms with Crippen LogP contribution in [0.5, 0.6) is 5.75 Å². The van der Waals surface area contributed by atoms with Gasteiger partial charge < -0.3 is 14.8 Å². The monoisotopic (exact) mass is 583 g/mol. The molecule has 0 spiro atoms. The molecule has 1 unspecified atom stereocenters. The lowest BCUT2D eigenvalue weighted by Gasteiger charge is -2.29. The molecule has 1 aliphatic heterocycles. The fourth-order valence-electron chi connectivity index (χ4n) is 4.46. The first-order valence-corrected chi connectivity index (χ1v) is 14.7. The fourth-order valence-corrected chi connectivity index (χ4v) is 6.28. The molecule has 10 nitrogen and oxygen atoms in total. The number of rotatable bonds is 10. The van der Waals surface area contributed by atoms with Crippen LogP contribution >= 0.6 is 23.1 Å². The summed E-state index contributed by atoms with van der Waals surface area (Å²) in [4.78, 5) is 13.5. The Kier molecular flexibility index (Phi) is 8.01. The molecule has 0 saturated carbocycles. The van der Waals surface area contributed by atoms with Crippen molar-refractivity contribution in [2.24, 2.45) is 0 Å². The Morgan fingerprint density at radius 2 is 1.73 bits per heavy atom. The maximum absolute atomic E-state index is 13.5. The summed E-state index contributed by atoms with van der Waals surface area (Å²) in [6, 6.07) is 26.7. The Hall–Kier alpha value is -4.55. The van der Waals surface area contributed by atoms with Gasteiger partial charge in [-0.3, -0.25) is 0 Å². The molecule has 206 valence electrons. The van der Waals surface area contributed by atoms with Gasteiger partial charge in [0.1, 0.15) is 23.4 Å². The minimum absolute atomic E-state index is 0.223. The van der Waals surface area contributed by atoms with Gasteiger partial charge in [0.2, 0.25) is 5.95 Å². The number of carbonyl (C=O) groups is 1. The highest BCUT2D eigenvalue weighted by Gasteiger charge is 2.37. The number of nitrogens with one attached hydrogen (secondary N) is 1. The summed E-state index contributed by atoms with van der Waals surface area (Å²) in [5.74, 6) is 0.976. The van der Waals surface area contributed by atoms with Crippen molar-refractivity contribution in [2.45, 2.75) is 23.9 Å². The zero-order valence-electron chi connectivity index (χ0n) is 22.0. The molecule has 1 aliphatic rings. The first-order valence-electron chi connectivity index (χ1n) is 12.9. The van der Waals surface area contributed by atoms with E-state index >= 15 is 0 Å². The van der Waals surface area contributed by atoms with E-state index in [0.29, 0.717) is 35.3 Å². The van der Waals surface area contributed by atoms with Crippen molar-refractivity contribution in [2.75, 3.05) is 17.7 Å². The van der Waals surface area contributed by atoms with Gasteiger partial charge in [0.25, 0.3) is 0 Å². The van der Waals surface area contributed by atoms with E-state index in [-0.39, 0.29) is 6.61 Å². The molecule has 6 rings (SSSR count). The summed E-state index contributed by atoms with van der Waals surface area (Å²) in [7, 11) is 0. The van der Waals surface area contributed by atoms with Gasteiger partial charge in [0.15, 0.2) is 4.34 Å². The molecule has 1 atom stereocenters. The van der Waals surface area contributed by atoms with Crippen molar-refractivity contribution in [1.29, 1.82) is 0 Å². The van der Waals surface area contributed by atoms with Crippen LogP contribution in [0.25, 0.3) is 10.6 Å². The number of carbonyl (C=O) groups excluding carboxylic acids is 1. The molecule has 3 aromatic carbocycles. The van der Waals surface area contributed by atoms with Crippen LogP contribution < -0.4 is 10.1 Å². The second kappa shape index (κ2) is 12.3. The highest BCUT2D eigenvalue weighted by molar-refractivity contribution is 8.01. The Balaban J connectivity index is 1.35. The molecule has 41 heavy (non-hydrogen) atoms. The van der Waals surface area contributed by atoms with Gasteiger partial charge in [-0.1, -0.05) is 107 Å². The number of nitrogens with zero attached hydrogens (tertiary/aromatic N) is 6. The minimum Gasteiger partial charge on any atom is -0.489 e. The SMILES string of the molecule is CCOC(=O)C1=C(CSc2nnc(-c3ccccc3)s2)Nc2nnnn2C1c1ccccc1OCc1ccccc1. The summed E-state index contributed by atoms with van der Waals surface area (Å²) >= 11 is 2.97. The lowest BCUT2D eigenvalue weighted by Crippen LogP contribution is -2.31. The van der Waals surface area contributed by atoms with Gasteiger partial charge in [0, 0.05) is 22.6 Å². The van der Waals surface area contributed by atoms with Gasteiger partial charge in [-0.25, -0.2) is 4.79 Å². The normalized spacial score (nSPS) is 14.3. The molecular formula is C29H25N7O3S2. The van der Waals surface area contributed by atoms with Crippen LogP contribution in [0.4, 0.5) is 5.95 Å². The number of hydrogen-bond acceptors (Lipinski definition) is 11. The number of aromatic nitrogens is 6. The van der Waals surface area contributed by atoms with Gasteiger partial charge >= 0.3 is 5.97 Å². The molecule has 0 aliphatic carbocycles. The molecule has 1 N–H and O–H groups in total. The number of hydrogen-bond donors (Lipinski definition) is 1. The number of thioether (sulfide) groups is 1. The Bertz CT molecular complexity index is 1670. The van der Waals surface area contributed by atoms with Crippen LogP contribution in [-0.4, -0.2) is 48.7 Å². The van der Waals surface area contributed by atoms with E-state index in [1.807, 2.05) is 84.9 Å². The van der Waals surface area contributed by atoms with E-state index in [2.05, 4.69) is 31.0 Å². The molecule has 3 heterocycles. The average molecular weight is 584 g/mol. The molecule has 2 aromatic heterocycles. The van der Waals surface area contributed by atoms with Crippen molar-refractivity contribution >= 4 is 35.0 Å². The number of tetrazole rings is 1. The minimum atomic E-state index is -0.669. The lowest BCUT2D eigenvalue weighted by atomic mass is 9.95. The summed E-state index contributed by atoms with van der Waals surface area (Å²) in [6.07, 6.45) is 0. The third-order valence-electron chi connectivity index (χ3n) is 6.31. The van der Waals surface area contributed by atoms with Crippen molar-refractivity contribution in [3.63, 3.8) is 0 Å². The van der Waals surface area contributed by atoms with Gasteiger partial charge in [-0.05, 0) is 29.0 Å². The van der Waals surface area contributed by atoms with E-state index in [4.69, 9.17) is 9.47 Å². The van der Waals surface area contributed by atoms with Crippen molar-refractivity contribution in [3.8, 4) is 16.3 Å². The highest BCUT2D eigenvalue weighted by Crippen LogP contribution is 2.41. The molecular weight excluding hydrogens is 558 g/mol. The van der Waals surface area contributed by atoms with Crippen LogP contribution in [0.2, 0.25) is 0 Å². The molecule has 0 fully saturated rings. The van der Waals surface area contributed by atoms with E-state index in [9.17, 15) is 4.79 Å². The van der Waals surface area contributed by atoms with Crippen LogP contribution in [0, 0.1) is 0 Å². The lowest BCUT2D eigenvalue weighted by molar-refractivity contribution is -0.139. The Morgan fingerprint density at radius 1 is 0.976 bits per heavy atom. The van der Waals surface area contributed by atoms with E-state index in [1.54, 1.807) is 11.6 Å². The molecule has 12 heteroatoms. The maximum atomic E-state index is 13.5. The third kappa shape index (κ3) is 5.83. The van der Waals surface area contributed by atoms with Gasteiger partial charge in [-0.2, -0.15) is 4.68 Å². The molecule has 5 aromatic rings. The Morgan fingerprint density at radius 3 is 2.54 bits per heavy atom. The van der Waals surface area contributed by atoms with Gasteiger partial charge in [-0.15, -0.1) is 10.2 Å². The van der Waals surface area contributed by atoms with Crippen LogP contribution in [0.15, 0.2) is 101 Å². The van der Waals surface area contributed by atoms with E-state index in [0.717, 1.165) is 26.0 Å². The average Bonchev–Trinajstić information content (AvgIpc) is 3.69. The number of ether oxygens (including phenoxy) is 2. The van der Waals surface area contributed by atoms with Crippen LogP contribution in [0.3, 0.4) is 0 Å². The zero-order chi connectivity index (χ0) is 28.0. The second-order valence-electron chi connectivity index (χ2n) is 8.93. The molecule has 0 amide bonds. The van der Waals surface area contributed by atoms with Gasteiger partial charge in [0.05, 0.1) is 12.2 Å². The Labute approximate surface area is 244 Å². The number of esters is 1. The summed E-state index contributed by atoms with van der Waals surface area (Å²) in [5.41, 5.74) is 3.82. The van der Waals surface area contributed by atoms with Crippen molar-refractivity contribution < 1.29 is 14.3 Å². The molecule has 0 saturated heterocycles. The fraction of sp³-hybridized carbons (Fsp3) is 0.172. The standard InChI is InChI=1S/C29H25N7O3S2/c1-2-38-27(37)24-22(18-40-29-33-31-26(41-29)20-13-7-4-8-14-20)30-28-32-34-35-36(28)25(24)21-15-9-10-16-23(21)39-17-19-11-5-3-6-12-19/h3-16,25H,2,17-18H2,1H3,(H,30,32,35). The van der Waals surface area contributed by atoms with Crippen molar-refractivity contribution in [3.05, 3.63) is 107 Å². The molecule has 0 bridgehead atoms. The quantitative estimate of drug-likeness (QED) is 0.169. The first-order chi connectivity index (χ1) is 20.2. The summed E-state index contributed by atoms with van der Waals surface area (Å²) in [5, 5.41) is 25.1. The second-order valence-corrected chi connectivity index (χ2v) is 11.1. The summed E-state index contributed by atoms with van der Waals surface area (Å²) < 4.78 is 14.2. The number of para-hydroxylation sites is 1. The van der Waals surface area contributed by atoms with Crippen molar-refractivity contribution in [1.82, 2.24) is 30.4 Å². The third-order valence-corrected chi connectivity index (χ3v) is 8.44. The van der Waals surface area contributed by atoms with Crippen LogP contribution in [-0.2, 0) is 16.1 Å². The largest absolute Gasteiger partial charge is 0.489 e. The zero-order valence-corrected chi connectivity index (χ0v) is 23.6. The van der Waals surface area contributed by atoms with E-state index in [1.165, 1.54) is 23.1 Å². The summed E-state index contributed by atoms with van der Waals surface area (Å²) in [6.45, 7) is 2.37. The number of anilines is 1. The predicted octanol–water partition coefficient (Wildman–Crippen LogP) is 5.40.